The molecule has 1 atom stereocenters. The van der Waals surface area contributed by atoms with E-state index in [0.717, 1.165) is 0 Å². The first-order valence-electron chi connectivity index (χ1n) is 6.07. The lowest BCUT2D eigenvalue weighted by Gasteiger charge is -2.36. The average molecular weight is 288 g/mol. The van der Waals surface area contributed by atoms with E-state index in [1.165, 1.54) is 6.20 Å². The molecule has 0 fully saturated rings. The van der Waals surface area contributed by atoms with E-state index in [1.54, 1.807) is 12.1 Å². The Hall–Kier alpha value is -0.423. The molecular formula is C13H22ClNO2Si. The molecule has 1 aromatic rings. The predicted molar refractivity (Wildman–Crippen MR) is 77.4 cm³/mol. The highest BCUT2D eigenvalue weighted by Gasteiger charge is 2.37. The zero-order valence-electron chi connectivity index (χ0n) is 11.7. The number of hydrogen-bond acceptors (Lipinski definition) is 3. The summed E-state index contributed by atoms with van der Waals surface area (Å²) < 4.78 is 5.96. The molecule has 1 rings (SSSR count). The predicted octanol–water partition coefficient (Wildman–Crippen LogP) is 3.79. The van der Waals surface area contributed by atoms with Crippen molar-refractivity contribution in [2.75, 3.05) is 6.61 Å². The van der Waals surface area contributed by atoms with Crippen LogP contribution in [-0.2, 0) is 4.43 Å². The number of aliphatic hydroxyl groups excluding tert-OH is 1. The fourth-order valence-corrected chi connectivity index (χ4v) is 2.29. The molecule has 0 radical (unpaired) electrons. The van der Waals surface area contributed by atoms with Gasteiger partial charge in [-0.15, -0.1) is 0 Å². The largest absolute Gasteiger partial charge is 0.414 e. The minimum Gasteiger partial charge on any atom is -0.414 e. The molecule has 0 saturated carbocycles. The fraction of sp³-hybridized carbons (Fsp3) is 0.615. The molecular weight excluding hydrogens is 266 g/mol. The first kappa shape index (κ1) is 15.6. The highest BCUT2D eigenvalue weighted by molar-refractivity contribution is 6.74. The van der Waals surface area contributed by atoms with Gasteiger partial charge >= 0.3 is 0 Å². The van der Waals surface area contributed by atoms with Crippen LogP contribution in [0.3, 0.4) is 0 Å². The first-order valence-corrected chi connectivity index (χ1v) is 9.35. The summed E-state index contributed by atoms with van der Waals surface area (Å²) >= 11 is 5.76. The number of halogens is 1. The van der Waals surface area contributed by atoms with Gasteiger partial charge in [0.2, 0.25) is 0 Å². The molecule has 0 saturated heterocycles. The minimum atomic E-state index is -1.83. The third-order valence-electron chi connectivity index (χ3n) is 3.50. The van der Waals surface area contributed by atoms with Crippen molar-refractivity contribution in [1.29, 1.82) is 0 Å². The molecule has 1 aromatic heterocycles. The van der Waals surface area contributed by atoms with Crippen LogP contribution in [0.5, 0.6) is 0 Å². The van der Waals surface area contributed by atoms with E-state index in [0.29, 0.717) is 10.7 Å². The van der Waals surface area contributed by atoms with Crippen molar-refractivity contribution in [3.05, 3.63) is 29.0 Å². The molecule has 1 N–H and O–H groups in total. The molecule has 0 bridgehead atoms. The number of aromatic nitrogens is 1. The Bertz CT molecular complexity index is 387. The number of rotatable bonds is 4. The van der Waals surface area contributed by atoms with Crippen LogP contribution in [0.1, 0.15) is 32.6 Å². The van der Waals surface area contributed by atoms with E-state index in [9.17, 15) is 5.11 Å². The number of nitrogens with zero attached hydrogens (tertiary/aromatic N) is 1. The quantitative estimate of drug-likeness (QED) is 0.857. The van der Waals surface area contributed by atoms with Crippen LogP contribution in [0.15, 0.2) is 18.3 Å². The lowest BCUT2D eigenvalue weighted by molar-refractivity contribution is 0.0970. The summed E-state index contributed by atoms with van der Waals surface area (Å²) in [5, 5.41) is 10.7. The van der Waals surface area contributed by atoms with Crippen molar-refractivity contribution < 1.29 is 9.53 Å². The Kier molecular flexibility index (Phi) is 4.95. The van der Waals surface area contributed by atoms with Gasteiger partial charge in [-0.2, -0.15) is 0 Å². The highest BCUT2D eigenvalue weighted by Crippen LogP contribution is 2.37. The molecule has 1 heterocycles. The second-order valence-corrected chi connectivity index (χ2v) is 11.2. The van der Waals surface area contributed by atoms with E-state index >= 15 is 0 Å². The van der Waals surface area contributed by atoms with Gasteiger partial charge in [-0.3, -0.25) is 4.98 Å². The number of hydrogen-bond donors (Lipinski definition) is 1. The molecule has 3 nitrogen and oxygen atoms in total. The maximum absolute atomic E-state index is 10.0. The Balaban J connectivity index is 2.61. The first-order chi connectivity index (χ1) is 8.13. The summed E-state index contributed by atoms with van der Waals surface area (Å²) in [4.78, 5) is 4.09. The molecule has 0 amide bonds. The molecule has 0 unspecified atom stereocenters. The molecule has 102 valence electrons. The van der Waals surface area contributed by atoms with Gasteiger partial charge in [0.1, 0.15) is 6.10 Å². The van der Waals surface area contributed by atoms with Crippen LogP contribution < -0.4 is 0 Å². The Morgan fingerprint density at radius 1 is 1.39 bits per heavy atom. The lowest BCUT2D eigenvalue weighted by Crippen LogP contribution is -2.41. The summed E-state index contributed by atoms with van der Waals surface area (Å²) in [7, 11) is -1.83. The second-order valence-electron chi connectivity index (χ2n) is 5.99. The average Bonchev–Trinajstić information content (AvgIpc) is 2.25. The van der Waals surface area contributed by atoms with E-state index in [2.05, 4.69) is 38.8 Å². The molecule has 0 aliphatic carbocycles. The van der Waals surface area contributed by atoms with Crippen LogP contribution in [0, 0.1) is 0 Å². The van der Waals surface area contributed by atoms with Crippen LogP contribution in [0.25, 0.3) is 0 Å². The molecule has 0 aromatic carbocycles. The van der Waals surface area contributed by atoms with E-state index < -0.39 is 14.4 Å². The lowest BCUT2D eigenvalue weighted by atomic mass is 10.2. The summed E-state index contributed by atoms with van der Waals surface area (Å²) in [6.45, 7) is 11.1. The van der Waals surface area contributed by atoms with Crippen molar-refractivity contribution >= 4 is 19.9 Å². The summed E-state index contributed by atoms with van der Waals surface area (Å²) in [6, 6.07) is 3.45. The second kappa shape index (κ2) is 5.69. The summed E-state index contributed by atoms with van der Waals surface area (Å²) in [5.41, 5.74) is 0.595. The van der Waals surface area contributed by atoms with Crippen molar-refractivity contribution in [3.63, 3.8) is 0 Å². The number of pyridine rings is 1. The van der Waals surface area contributed by atoms with Crippen molar-refractivity contribution in [2.45, 2.75) is 45.0 Å². The standard InChI is InChI=1S/C13H22ClNO2Si/c1-13(2,3)18(4,5)17-9-12(16)11-7-6-10(14)8-15-11/h6-8,12,16H,9H2,1-5H3/t12-/m0/s1. The summed E-state index contributed by atoms with van der Waals surface area (Å²) in [6.07, 6.45) is 0.836. The van der Waals surface area contributed by atoms with Gasteiger partial charge in [0, 0.05) is 6.20 Å². The monoisotopic (exact) mass is 287 g/mol. The SMILES string of the molecule is CC(C)(C)[Si](C)(C)OC[C@H](O)c1ccc(Cl)cn1. The van der Waals surface area contributed by atoms with Crippen LogP contribution in [0.2, 0.25) is 23.2 Å². The molecule has 0 aliphatic rings. The van der Waals surface area contributed by atoms with E-state index in [-0.39, 0.29) is 11.6 Å². The summed E-state index contributed by atoms with van der Waals surface area (Å²) in [5.74, 6) is 0. The third kappa shape index (κ3) is 4.05. The van der Waals surface area contributed by atoms with E-state index in [1.807, 2.05) is 0 Å². The Morgan fingerprint density at radius 2 is 2.00 bits per heavy atom. The van der Waals surface area contributed by atoms with Crippen LogP contribution in [-0.4, -0.2) is 25.0 Å². The molecule has 0 aliphatic heterocycles. The van der Waals surface area contributed by atoms with Gasteiger partial charge in [0.05, 0.1) is 17.3 Å². The maximum Gasteiger partial charge on any atom is 0.192 e. The normalized spacial score (nSPS) is 14.6. The third-order valence-corrected chi connectivity index (χ3v) is 8.22. The fourth-order valence-electron chi connectivity index (χ4n) is 1.17. The van der Waals surface area contributed by atoms with E-state index in [4.69, 9.17) is 16.0 Å². The van der Waals surface area contributed by atoms with Gasteiger partial charge < -0.3 is 9.53 Å². The van der Waals surface area contributed by atoms with Crippen molar-refractivity contribution in [2.24, 2.45) is 0 Å². The molecule has 0 spiro atoms. The Morgan fingerprint density at radius 3 is 2.44 bits per heavy atom. The Labute approximate surface area is 115 Å². The maximum atomic E-state index is 10.0. The van der Waals surface area contributed by atoms with Gasteiger partial charge in [0.25, 0.3) is 0 Å². The van der Waals surface area contributed by atoms with Crippen molar-refractivity contribution in [1.82, 2.24) is 4.98 Å². The van der Waals surface area contributed by atoms with Crippen molar-refractivity contribution in [3.8, 4) is 0 Å². The topological polar surface area (TPSA) is 42.4 Å². The van der Waals surface area contributed by atoms with Crippen LogP contribution >= 0.6 is 11.6 Å². The number of aliphatic hydroxyl groups is 1. The molecule has 5 heteroatoms. The molecule has 18 heavy (non-hydrogen) atoms. The van der Waals surface area contributed by atoms with Gasteiger partial charge in [-0.1, -0.05) is 32.4 Å². The minimum absolute atomic E-state index is 0.139. The zero-order chi connectivity index (χ0) is 14.0. The zero-order valence-corrected chi connectivity index (χ0v) is 13.5. The smallest absolute Gasteiger partial charge is 0.192 e. The highest BCUT2D eigenvalue weighted by atomic mass is 35.5. The van der Waals surface area contributed by atoms with Gasteiger partial charge in [-0.25, -0.2) is 0 Å². The van der Waals surface area contributed by atoms with Crippen LogP contribution in [0.4, 0.5) is 0 Å². The van der Waals surface area contributed by atoms with Gasteiger partial charge in [0.15, 0.2) is 8.32 Å². The van der Waals surface area contributed by atoms with Gasteiger partial charge in [-0.05, 0) is 30.3 Å².